The van der Waals surface area contributed by atoms with E-state index in [0.717, 1.165) is 30.9 Å². The molecular weight excluding hydrogens is 278 g/mol. The molecule has 1 amide bonds. The number of rotatable bonds is 4. The van der Waals surface area contributed by atoms with Crippen LogP contribution in [0.5, 0.6) is 0 Å². The smallest absolute Gasteiger partial charge is 0.270 e. The quantitative estimate of drug-likeness (QED) is 0.879. The van der Waals surface area contributed by atoms with Gasteiger partial charge >= 0.3 is 0 Å². The molecular formula is C16H25N5O. The van der Waals surface area contributed by atoms with Crippen LogP contribution >= 0.6 is 0 Å². The molecule has 1 unspecified atom stereocenters. The van der Waals surface area contributed by atoms with Gasteiger partial charge in [-0.15, -0.1) is 0 Å². The second-order valence-corrected chi connectivity index (χ2v) is 6.26. The Balaban J connectivity index is 1.66. The summed E-state index contributed by atoms with van der Waals surface area (Å²) in [6.07, 6.45) is 4.73. The SMILES string of the molecule is Cc1nc(NCCN2CCCCC2C)c2c(n1)C(=O)NCC2. The van der Waals surface area contributed by atoms with Crippen molar-refractivity contribution in [2.24, 2.45) is 0 Å². The van der Waals surface area contributed by atoms with Gasteiger partial charge in [0.2, 0.25) is 0 Å². The van der Waals surface area contributed by atoms with E-state index in [1.165, 1.54) is 25.8 Å². The summed E-state index contributed by atoms with van der Waals surface area (Å²) >= 11 is 0. The third kappa shape index (κ3) is 3.21. The van der Waals surface area contributed by atoms with Crippen molar-refractivity contribution < 1.29 is 4.79 Å². The van der Waals surface area contributed by atoms with Crippen LogP contribution in [0.15, 0.2) is 0 Å². The first-order valence-electron chi connectivity index (χ1n) is 8.29. The summed E-state index contributed by atoms with van der Waals surface area (Å²) in [5.74, 6) is 1.39. The van der Waals surface area contributed by atoms with Crippen LogP contribution in [0.4, 0.5) is 5.82 Å². The molecule has 0 aliphatic carbocycles. The van der Waals surface area contributed by atoms with E-state index < -0.39 is 0 Å². The van der Waals surface area contributed by atoms with Gasteiger partial charge in [-0.05, 0) is 39.7 Å². The number of amides is 1. The number of hydrogen-bond donors (Lipinski definition) is 2. The predicted molar refractivity (Wildman–Crippen MR) is 86.2 cm³/mol. The van der Waals surface area contributed by atoms with Gasteiger partial charge in [-0.25, -0.2) is 9.97 Å². The van der Waals surface area contributed by atoms with Gasteiger partial charge in [0.1, 0.15) is 17.3 Å². The van der Waals surface area contributed by atoms with Crippen LogP contribution in [0.3, 0.4) is 0 Å². The zero-order valence-corrected chi connectivity index (χ0v) is 13.5. The van der Waals surface area contributed by atoms with Crippen LogP contribution in [-0.2, 0) is 6.42 Å². The Morgan fingerprint density at radius 1 is 1.36 bits per heavy atom. The molecule has 1 aromatic rings. The minimum atomic E-state index is -0.0838. The summed E-state index contributed by atoms with van der Waals surface area (Å²) < 4.78 is 0. The maximum atomic E-state index is 11.9. The Labute approximate surface area is 131 Å². The fourth-order valence-corrected chi connectivity index (χ4v) is 3.36. The molecule has 0 spiro atoms. The molecule has 2 aliphatic heterocycles. The number of piperidine rings is 1. The predicted octanol–water partition coefficient (Wildman–Crippen LogP) is 1.36. The first-order valence-corrected chi connectivity index (χ1v) is 8.29. The van der Waals surface area contributed by atoms with E-state index in [0.29, 0.717) is 24.1 Å². The van der Waals surface area contributed by atoms with Crippen LogP contribution in [0.25, 0.3) is 0 Å². The first kappa shape index (κ1) is 15.2. The highest BCUT2D eigenvalue weighted by atomic mass is 16.1. The van der Waals surface area contributed by atoms with E-state index in [2.05, 4.69) is 32.4 Å². The van der Waals surface area contributed by atoms with E-state index in [9.17, 15) is 4.79 Å². The Hall–Kier alpha value is -1.69. The van der Waals surface area contributed by atoms with E-state index in [-0.39, 0.29) is 5.91 Å². The highest BCUT2D eigenvalue weighted by Crippen LogP contribution is 2.20. The van der Waals surface area contributed by atoms with Crippen LogP contribution in [0, 0.1) is 6.92 Å². The molecule has 2 aliphatic rings. The molecule has 3 heterocycles. The molecule has 3 rings (SSSR count). The standard InChI is InChI=1S/C16H25N5O/c1-11-5-3-4-9-21(11)10-8-17-15-13-6-7-18-16(22)14(13)19-12(2)20-15/h11H,3-10H2,1-2H3,(H,18,22)(H,17,19,20). The Morgan fingerprint density at radius 2 is 2.23 bits per heavy atom. The van der Waals surface area contributed by atoms with Crippen molar-refractivity contribution >= 4 is 11.7 Å². The molecule has 0 saturated carbocycles. The van der Waals surface area contributed by atoms with Gasteiger partial charge in [0.15, 0.2) is 0 Å². The van der Waals surface area contributed by atoms with Crippen LogP contribution in [0.1, 0.15) is 48.1 Å². The van der Waals surface area contributed by atoms with Crippen molar-refractivity contribution in [3.8, 4) is 0 Å². The number of fused-ring (bicyclic) bond motifs is 1. The molecule has 2 N–H and O–H groups in total. The lowest BCUT2D eigenvalue weighted by atomic mass is 10.0. The fourth-order valence-electron chi connectivity index (χ4n) is 3.36. The summed E-state index contributed by atoms with van der Waals surface area (Å²) in [5.41, 5.74) is 1.49. The number of carbonyl (C=O) groups excluding carboxylic acids is 1. The van der Waals surface area contributed by atoms with Gasteiger partial charge in [-0.1, -0.05) is 6.42 Å². The fraction of sp³-hybridized carbons (Fsp3) is 0.688. The van der Waals surface area contributed by atoms with E-state index in [1.807, 2.05) is 6.92 Å². The lowest BCUT2D eigenvalue weighted by Crippen LogP contribution is -2.40. The summed E-state index contributed by atoms with van der Waals surface area (Å²) in [6, 6.07) is 0.669. The molecule has 0 aromatic carbocycles. The maximum Gasteiger partial charge on any atom is 0.270 e. The van der Waals surface area contributed by atoms with Gasteiger partial charge in [0, 0.05) is 31.2 Å². The topological polar surface area (TPSA) is 70.2 Å². The number of nitrogens with zero attached hydrogens (tertiary/aromatic N) is 3. The van der Waals surface area contributed by atoms with Crippen molar-refractivity contribution in [2.45, 2.75) is 45.6 Å². The molecule has 22 heavy (non-hydrogen) atoms. The monoisotopic (exact) mass is 303 g/mol. The van der Waals surface area contributed by atoms with Crippen molar-refractivity contribution in [1.29, 1.82) is 0 Å². The average Bonchev–Trinajstić information content (AvgIpc) is 2.50. The van der Waals surface area contributed by atoms with E-state index in [4.69, 9.17) is 0 Å². The number of anilines is 1. The molecule has 1 fully saturated rings. The number of likely N-dealkylation sites (tertiary alicyclic amines) is 1. The second kappa shape index (κ2) is 6.60. The Bertz CT molecular complexity index is 560. The van der Waals surface area contributed by atoms with Crippen LogP contribution < -0.4 is 10.6 Å². The highest BCUT2D eigenvalue weighted by molar-refractivity contribution is 5.95. The van der Waals surface area contributed by atoms with Gasteiger partial charge in [-0.3, -0.25) is 9.69 Å². The maximum absolute atomic E-state index is 11.9. The number of aryl methyl sites for hydroxylation is 1. The number of nitrogens with one attached hydrogen (secondary N) is 2. The third-order valence-electron chi connectivity index (χ3n) is 4.63. The van der Waals surface area contributed by atoms with Crippen molar-refractivity contribution in [1.82, 2.24) is 20.2 Å². The van der Waals surface area contributed by atoms with Gasteiger partial charge in [-0.2, -0.15) is 0 Å². The largest absolute Gasteiger partial charge is 0.368 e. The first-order chi connectivity index (χ1) is 10.6. The molecule has 1 saturated heterocycles. The second-order valence-electron chi connectivity index (χ2n) is 6.26. The van der Waals surface area contributed by atoms with Gasteiger partial charge in [0.05, 0.1) is 0 Å². The van der Waals surface area contributed by atoms with E-state index >= 15 is 0 Å². The minimum Gasteiger partial charge on any atom is -0.368 e. The lowest BCUT2D eigenvalue weighted by Gasteiger charge is -2.33. The zero-order chi connectivity index (χ0) is 15.5. The zero-order valence-electron chi connectivity index (χ0n) is 13.5. The normalized spacial score (nSPS) is 22.1. The minimum absolute atomic E-state index is 0.0838. The molecule has 0 radical (unpaired) electrons. The van der Waals surface area contributed by atoms with Gasteiger partial charge < -0.3 is 10.6 Å². The molecule has 6 heteroatoms. The molecule has 6 nitrogen and oxygen atoms in total. The summed E-state index contributed by atoms with van der Waals surface area (Å²) in [4.78, 5) is 23.2. The molecule has 1 atom stereocenters. The van der Waals surface area contributed by atoms with Crippen molar-refractivity contribution in [3.63, 3.8) is 0 Å². The van der Waals surface area contributed by atoms with Crippen LogP contribution in [0.2, 0.25) is 0 Å². The summed E-state index contributed by atoms with van der Waals surface area (Å²) in [5, 5.41) is 6.27. The summed E-state index contributed by atoms with van der Waals surface area (Å²) in [6.45, 7) is 7.86. The number of hydrogen-bond acceptors (Lipinski definition) is 5. The van der Waals surface area contributed by atoms with E-state index in [1.54, 1.807) is 0 Å². The van der Waals surface area contributed by atoms with Gasteiger partial charge in [0.25, 0.3) is 5.91 Å². The number of carbonyl (C=O) groups is 1. The number of aromatic nitrogens is 2. The Morgan fingerprint density at radius 3 is 3.05 bits per heavy atom. The summed E-state index contributed by atoms with van der Waals surface area (Å²) in [7, 11) is 0. The van der Waals surface area contributed by atoms with Crippen molar-refractivity contribution in [3.05, 3.63) is 17.1 Å². The molecule has 0 bridgehead atoms. The third-order valence-corrected chi connectivity index (χ3v) is 4.63. The van der Waals surface area contributed by atoms with Crippen LogP contribution in [-0.4, -0.2) is 53.0 Å². The van der Waals surface area contributed by atoms with Crippen molar-refractivity contribution in [2.75, 3.05) is 31.5 Å². The molecule has 120 valence electrons. The Kier molecular flexibility index (Phi) is 4.57. The molecule has 1 aromatic heterocycles. The average molecular weight is 303 g/mol. The lowest BCUT2D eigenvalue weighted by molar-refractivity contribution is 0.0940. The highest BCUT2D eigenvalue weighted by Gasteiger charge is 2.23.